The van der Waals surface area contributed by atoms with Crippen molar-refractivity contribution in [2.45, 2.75) is 25.8 Å². The minimum atomic E-state index is -0.0873. The molecule has 2 amide bonds. The molecule has 0 bridgehead atoms. The van der Waals surface area contributed by atoms with E-state index in [0.717, 1.165) is 37.9 Å². The number of hydrogen-bond donors (Lipinski definition) is 1. The third-order valence-corrected chi connectivity index (χ3v) is 5.64. The summed E-state index contributed by atoms with van der Waals surface area (Å²) in [5, 5.41) is 2.62. The van der Waals surface area contributed by atoms with Gasteiger partial charge in [-0.2, -0.15) is 0 Å². The van der Waals surface area contributed by atoms with Crippen molar-refractivity contribution in [3.63, 3.8) is 0 Å². The predicted octanol–water partition coefficient (Wildman–Crippen LogP) is 2.96. The first-order valence-electron chi connectivity index (χ1n) is 10.4. The molecule has 2 aromatic carbocycles. The Balaban J connectivity index is 1.42. The molecule has 1 aliphatic heterocycles. The van der Waals surface area contributed by atoms with Gasteiger partial charge in [0.05, 0.1) is 6.54 Å². The van der Waals surface area contributed by atoms with Crippen LogP contribution in [0, 0.1) is 5.92 Å². The Bertz CT molecular complexity index is 797. The van der Waals surface area contributed by atoms with Crippen LogP contribution in [0.4, 0.5) is 0 Å². The van der Waals surface area contributed by atoms with Gasteiger partial charge in [-0.25, -0.2) is 0 Å². The highest BCUT2D eigenvalue weighted by molar-refractivity contribution is 5.93. The average molecular weight is 394 g/mol. The van der Waals surface area contributed by atoms with Crippen molar-refractivity contribution in [3.8, 4) is 0 Å². The fourth-order valence-corrected chi connectivity index (χ4v) is 3.94. The molecule has 154 valence electrons. The van der Waals surface area contributed by atoms with Gasteiger partial charge < -0.3 is 10.2 Å². The molecule has 0 spiro atoms. The van der Waals surface area contributed by atoms with Crippen molar-refractivity contribution in [1.82, 2.24) is 15.1 Å². The summed E-state index contributed by atoms with van der Waals surface area (Å²) in [7, 11) is 3.59. The summed E-state index contributed by atoms with van der Waals surface area (Å²) in [5.74, 6) is 0.779. The van der Waals surface area contributed by atoms with Crippen LogP contribution in [-0.2, 0) is 17.8 Å². The van der Waals surface area contributed by atoms with E-state index >= 15 is 0 Å². The number of benzene rings is 2. The first-order valence-corrected chi connectivity index (χ1v) is 10.4. The predicted molar refractivity (Wildman–Crippen MR) is 116 cm³/mol. The highest BCUT2D eigenvalue weighted by Crippen LogP contribution is 2.22. The van der Waals surface area contributed by atoms with Gasteiger partial charge in [-0.05, 0) is 55.5 Å². The second-order valence-corrected chi connectivity index (χ2v) is 7.96. The van der Waals surface area contributed by atoms with Crippen LogP contribution in [-0.4, -0.2) is 55.3 Å². The zero-order valence-corrected chi connectivity index (χ0v) is 17.4. The molecule has 1 N–H and O–H groups in total. The van der Waals surface area contributed by atoms with Gasteiger partial charge in [-0.1, -0.05) is 42.5 Å². The number of nitrogens with one attached hydrogen (secondary N) is 1. The molecule has 29 heavy (non-hydrogen) atoms. The zero-order valence-electron chi connectivity index (χ0n) is 17.4. The zero-order chi connectivity index (χ0) is 20.6. The monoisotopic (exact) mass is 393 g/mol. The third kappa shape index (κ3) is 6.16. The summed E-state index contributed by atoms with van der Waals surface area (Å²) in [4.78, 5) is 28.3. The number of amides is 2. The third-order valence-electron chi connectivity index (χ3n) is 5.64. The lowest BCUT2D eigenvalue weighted by Gasteiger charge is -2.33. The summed E-state index contributed by atoms with van der Waals surface area (Å²) in [6.45, 7) is 2.81. The van der Waals surface area contributed by atoms with E-state index < -0.39 is 0 Å². The number of likely N-dealkylation sites (N-methyl/N-ethyl adjacent to an activating group) is 1. The maximum atomic E-state index is 12.7. The molecule has 3 rings (SSSR count). The Hall–Kier alpha value is -2.66. The van der Waals surface area contributed by atoms with Gasteiger partial charge in [0, 0.05) is 32.2 Å². The number of piperidine rings is 1. The summed E-state index contributed by atoms with van der Waals surface area (Å²) in [6, 6.07) is 18.1. The summed E-state index contributed by atoms with van der Waals surface area (Å²) >= 11 is 0. The minimum absolute atomic E-state index is 0.0873. The SMILES string of the molecule is CNC(=O)c1ccc(CN(C)CC(=O)N2CCC(Cc3ccccc3)CC2)cc1. The number of likely N-dealkylation sites (tertiary alicyclic amines) is 1. The summed E-state index contributed by atoms with van der Waals surface area (Å²) in [5.41, 5.74) is 3.13. The Morgan fingerprint density at radius 3 is 2.28 bits per heavy atom. The molecular formula is C24H31N3O2. The molecule has 0 unspecified atom stereocenters. The molecule has 5 heteroatoms. The highest BCUT2D eigenvalue weighted by atomic mass is 16.2. The summed E-state index contributed by atoms with van der Waals surface area (Å²) < 4.78 is 0. The van der Waals surface area contributed by atoms with E-state index in [1.54, 1.807) is 7.05 Å². The smallest absolute Gasteiger partial charge is 0.251 e. The molecule has 0 aromatic heterocycles. The van der Waals surface area contributed by atoms with Gasteiger partial charge in [-0.15, -0.1) is 0 Å². The van der Waals surface area contributed by atoms with Crippen molar-refractivity contribution in [2.75, 3.05) is 33.7 Å². The topological polar surface area (TPSA) is 52.7 Å². The molecule has 1 saturated heterocycles. The molecule has 1 aliphatic rings. The van der Waals surface area contributed by atoms with Crippen LogP contribution in [0.15, 0.2) is 54.6 Å². The maximum absolute atomic E-state index is 12.7. The van der Waals surface area contributed by atoms with Crippen LogP contribution < -0.4 is 5.32 Å². The normalized spacial score (nSPS) is 14.8. The van der Waals surface area contributed by atoms with E-state index in [-0.39, 0.29) is 11.8 Å². The number of nitrogens with zero attached hydrogens (tertiary/aromatic N) is 2. The van der Waals surface area contributed by atoms with Crippen molar-refractivity contribution < 1.29 is 9.59 Å². The van der Waals surface area contributed by atoms with Crippen LogP contribution in [0.1, 0.15) is 34.3 Å². The van der Waals surface area contributed by atoms with E-state index in [9.17, 15) is 9.59 Å². The average Bonchev–Trinajstić information content (AvgIpc) is 2.75. The van der Waals surface area contributed by atoms with Gasteiger partial charge in [0.15, 0.2) is 0 Å². The van der Waals surface area contributed by atoms with Crippen molar-refractivity contribution in [1.29, 1.82) is 0 Å². The molecular weight excluding hydrogens is 362 g/mol. The summed E-state index contributed by atoms with van der Waals surface area (Å²) in [6.07, 6.45) is 3.26. The quantitative estimate of drug-likeness (QED) is 0.787. The first kappa shape index (κ1) is 21.1. The molecule has 0 radical (unpaired) electrons. The van der Waals surface area contributed by atoms with Crippen LogP contribution in [0.25, 0.3) is 0 Å². The van der Waals surface area contributed by atoms with Crippen LogP contribution in [0.3, 0.4) is 0 Å². The van der Waals surface area contributed by atoms with Crippen LogP contribution >= 0.6 is 0 Å². The lowest BCUT2D eigenvalue weighted by molar-refractivity contribution is -0.133. The fraction of sp³-hybridized carbons (Fsp3) is 0.417. The molecule has 0 aliphatic carbocycles. The lowest BCUT2D eigenvalue weighted by atomic mass is 9.90. The number of carbonyl (C=O) groups excluding carboxylic acids is 2. The number of rotatable bonds is 7. The van der Waals surface area contributed by atoms with Gasteiger partial charge in [0.25, 0.3) is 5.91 Å². The van der Waals surface area contributed by atoms with E-state index in [0.29, 0.717) is 24.6 Å². The lowest BCUT2D eigenvalue weighted by Crippen LogP contribution is -2.43. The molecule has 5 nitrogen and oxygen atoms in total. The largest absolute Gasteiger partial charge is 0.355 e. The van der Waals surface area contributed by atoms with Gasteiger partial charge in [0.2, 0.25) is 5.91 Å². The van der Waals surface area contributed by atoms with Gasteiger partial charge >= 0.3 is 0 Å². The second-order valence-electron chi connectivity index (χ2n) is 7.96. The van der Waals surface area contributed by atoms with E-state index in [1.165, 1.54) is 5.56 Å². The highest BCUT2D eigenvalue weighted by Gasteiger charge is 2.23. The molecule has 0 atom stereocenters. The standard InChI is InChI=1S/C24H31N3O2/c1-25-24(29)22-10-8-21(9-11-22)17-26(2)18-23(28)27-14-12-20(13-15-27)16-19-6-4-3-5-7-19/h3-11,20H,12-18H2,1-2H3,(H,25,29). The van der Waals surface area contributed by atoms with Gasteiger partial charge in [0.1, 0.15) is 0 Å². The second kappa shape index (κ2) is 10.2. The van der Waals surface area contributed by atoms with E-state index in [2.05, 4.69) is 35.6 Å². The Morgan fingerprint density at radius 1 is 1.00 bits per heavy atom. The maximum Gasteiger partial charge on any atom is 0.251 e. The fourth-order valence-electron chi connectivity index (χ4n) is 3.94. The van der Waals surface area contributed by atoms with E-state index in [1.807, 2.05) is 41.1 Å². The minimum Gasteiger partial charge on any atom is -0.355 e. The Morgan fingerprint density at radius 2 is 1.66 bits per heavy atom. The van der Waals surface area contributed by atoms with Crippen molar-refractivity contribution >= 4 is 11.8 Å². The van der Waals surface area contributed by atoms with Crippen LogP contribution in [0.2, 0.25) is 0 Å². The molecule has 1 fully saturated rings. The number of hydrogen-bond acceptors (Lipinski definition) is 3. The van der Waals surface area contributed by atoms with E-state index in [4.69, 9.17) is 0 Å². The molecule has 0 saturated carbocycles. The van der Waals surface area contributed by atoms with Gasteiger partial charge in [-0.3, -0.25) is 14.5 Å². The first-order chi connectivity index (χ1) is 14.0. The molecule has 2 aromatic rings. The van der Waals surface area contributed by atoms with Crippen LogP contribution in [0.5, 0.6) is 0 Å². The number of carbonyl (C=O) groups is 2. The Kier molecular flexibility index (Phi) is 7.42. The molecule has 1 heterocycles. The Labute approximate surface area is 173 Å². The van der Waals surface area contributed by atoms with Crippen molar-refractivity contribution in [2.24, 2.45) is 5.92 Å². The van der Waals surface area contributed by atoms with Crippen molar-refractivity contribution in [3.05, 3.63) is 71.3 Å².